The van der Waals surface area contributed by atoms with E-state index in [-0.39, 0.29) is 11.6 Å². The molecule has 0 saturated carbocycles. The molecule has 118 valence electrons. The van der Waals surface area contributed by atoms with Crippen LogP contribution in [0.3, 0.4) is 0 Å². The van der Waals surface area contributed by atoms with Crippen LogP contribution >= 0.6 is 11.3 Å². The average molecular weight is 328 g/mol. The van der Waals surface area contributed by atoms with Crippen molar-refractivity contribution in [1.29, 1.82) is 0 Å². The highest BCUT2D eigenvalue weighted by molar-refractivity contribution is 7.17. The Bertz CT molecular complexity index is 890. The fourth-order valence-electron chi connectivity index (χ4n) is 3.00. The van der Waals surface area contributed by atoms with Crippen molar-refractivity contribution in [2.75, 3.05) is 13.1 Å². The first kappa shape index (κ1) is 14.5. The van der Waals surface area contributed by atoms with Crippen molar-refractivity contribution < 1.29 is 5.11 Å². The third-order valence-electron chi connectivity index (χ3n) is 4.15. The smallest absolute Gasteiger partial charge is 0.272 e. The molecule has 0 spiro atoms. The molecule has 3 aromatic rings. The van der Waals surface area contributed by atoms with Gasteiger partial charge in [-0.05, 0) is 36.5 Å². The van der Waals surface area contributed by atoms with Gasteiger partial charge in [-0.2, -0.15) is 0 Å². The molecular formula is C16H16N4O2S. The Labute approximate surface area is 136 Å². The summed E-state index contributed by atoms with van der Waals surface area (Å²) in [5.41, 5.74) is 1.20. The predicted molar refractivity (Wildman–Crippen MR) is 89.6 cm³/mol. The van der Waals surface area contributed by atoms with E-state index in [0.29, 0.717) is 34.7 Å². The zero-order valence-corrected chi connectivity index (χ0v) is 13.2. The van der Waals surface area contributed by atoms with Gasteiger partial charge in [0.2, 0.25) is 0 Å². The van der Waals surface area contributed by atoms with E-state index in [1.54, 1.807) is 10.8 Å². The second kappa shape index (κ2) is 5.84. The van der Waals surface area contributed by atoms with Crippen LogP contribution in [0, 0.1) is 0 Å². The van der Waals surface area contributed by atoms with Gasteiger partial charge in [-0.25, -0.2) is 4.98 Å². The highest BCUT2D eigenvalue weighted by Crippen LogP contribution is 2.25. The second-order valence-electron chi connectivity index (χ2n) is 5.59. The molecule has 0 aliphatic carbocycles. The zero-order valence-electron chi connectivity index (χ0n) is 12.3. The van der Waals surface area contributed by atoms with E-state index in [1.807, 2.05) is 29.6 Å². The Morgan fingerprint density at radius 1 is 1.35 bits per heavy atom. The van der Waals surface area contributed by atoms with Crippen molar-refractivity contribution in [3.63, 3.8) is 0 Å². The molecule has 2 N–H and O–H groups in total. The Kier molecular flexibility index (Phi) is 3.68. The molecule has 1 aliphatic rings. The molecule has 1 saturated heterocycles. The number of piperidine rings is 1. The zero-order chi connectivity index (χ0) is 15.8. The number of rotatable bonds is 2. The van der Waals surface area contributed by atoms with Crippen LogP contribution in [0.15, 0.2) is 40.6 Å². The van der Waals surface area contributed by atoms with Crippen LogP contribution in [-0.2, 0) is 0 Å². The summed E-state index contributed by atoms with van der Waals surface area (Å²) in [6.07, 6.45) is 1.72. The van der Waals surface area contributed by atoms with E-state index in [0.717, 1.165) is 6.54 Å². The van der Waals surface area contributed by atoms with Gasteiger partial charge in [0.15, 0.2) is 5.82 Å². The van der Waals surface area contributed by atoms with E-state index >= 15 is 0 Å². The topological polar surface area (TPSA) is 80.0 Å². The molecule has 0 amide bonds. The standard InChI is InChI=1S/C16H16N4O2S/c21-13-4-7-17-9-12(13)20-15(11-3-1-2-6-18-11)19-10-5-8-23-14(10)16(20)22/h1-3,5-6,8,12-13,17,21H,4,7,9H2/t12-,13-/m1/s1. The minimum absolute atomic E-state index is 0.113. The Morgan fingerprint density at radius 3 is 3.04 bits per heavy atom. The van der Waals surface area contributed by atoms with E-state index in [1.165, 1.54) is 11.3 Å². The fraction of sp³-hybridized carbons (Fsp3) is 0.312. The van der Waals surface area contributed by atoms with Crippen molar-refractivity contribution in [3.05, 3.63) is 46.2 Å². The van der Waals surface area contributed by atoms with Gasteiger partial charge in [-0.1, -0.05) is 6.07 Å². The van der Waals surface area contributed by atoms with Crippen LogP contribution in [0.1, 0.15) is 12.5 Å². The van der Waals surface area contributed by atoms with Crippen LogP contribution in [0.4, 0.5) is 0 Å². The molecule has 3 aromatic heterocycles. The molecule has 1 fully saturated rings. The lowest BCUT2D eigenvalue weighted by molar-refractivity contribution is 0.0832. The molecule has 0 radical (unpaired) electrons. The fourth-order valence-corrected chi connectivity index (χ4v) is 3.77. The second-order valence-corrected chi connectivity index (χ2v) is 6.50. The number of aliphatic hydroxyl groups excluding tert-OH is 1. The molecule has 2 atom stereocenters. The summed E-state index contributed by atoms with van der Waals surface area (Å²) in [5.74, 6) is 0.509. The van der Waals surface area contributed by atoms with Crippen molar-refractivity contribution >= 4 is 21.6 Å². The number of pyridine rings is 1. The van der Waals surface area contributed by atoms with Gasteiger partial charge < -0.3 is 10.4 Å². The van der Waals surface area contributed by atoms with Crippen LogP contribution in [0.2, 0.25) is 0 Å². The molecule has 4 heterocycles. The lowest BCUT2D eigenvalue weighted by Crippen LogP contribution is -2.45. The maximum absolute atomic E-state index is 13.0. The molecule has 23 heavy (non-hydrogen) atoms. The van der Waals surface area contributed by atoms with Gasteiger partial charge in [0.05, 0.1) is 17.7 Å². The van der Waals surface area contributed by atoms with Gasteiger partial charge in [0.25, 0.3) is 5.56 Å². The minimum atomic E-state index is -0.573. The first-order chi connectivity index (χ1) is 11.3. The minimum Gasteiger partial charge on any atom is -0.391 e. The van der Waals surface area contributed by atoms with Crippen LogP contribution < -0.4 is 10.9 Å². The normalized spacial score (nSPS) is 21.6. The summed E-state index contributed by atoms with van der Waals surface area (Å²) in [6.45, 7) is 1.29. The summed E-state index contributed by atoms with van der Waals surface area (Å²) < 4.78 is 2.22. The first-order valence-electron chi connectivity index (χ1n) is 7.55. The molecule has 0 aromatic carbocycles. The maximum atomic E-state index is 13.0. The van der Waals surface area contributed by atoms with Gasteiger partial charge >= 0.3 is 0 Å². The summed E-state index contributed by atoms with van der Waals surface area (Å²) in [4.78, 5) is 22.0. The number of aliphatic hydroxyl groups is 1. The number of hydrogen-bond acceptors (Lipinski definition) is 6. The third-order valence-corrected chi connectivity index (χ3v) is 5.04. The van der Waals surface area contributed by atoms with Crippen molar-refractivity contribution in [2.45, 2.75) is 18.6 Å². The van der Waals surface area contributed by atoms with E-state index < -0.39 is 6.10 Å². The lowest BCUT2D eigenvalue weighted by Gasteiger charge is -2.31. The highest BCUT2D eigenvalue weighted by Gasteiger charge is 2.29. The van der Waals surface area contributed by atoms with Crippen molar-refractivity contribution in [1.82, 2.24) is 19.9 Å². The molecule has 0 bridgehead atoms. The highest BCUT2D eigenvalue weighted by atomic mass is 32.1. The summed E-state index contributed by atoms with van der Waals surface area (Å²) in [6, 6.07) is 7.03. The van der Waals surface area contributed by atoms with Gasteiger partial charge in [-0.3, -0.25) is 14.3 Å². The number of thiophene rings is 1. The maximum Gasteiger partial charge on any atom is 0.272 e. The predicted octanol–water partition coefficient (Wildman–Crippen LogP) is 1.42. The number of hydrogen-bond donors (Lipinski definition) is 2. The molecule has 6 nitrogen and oxygen atoms in total. The Hall–Kier alpha value is -2.09. The molecule has 4 rings (SSSR count). The van der Waals surface area contributed by atoms with Crippen molar-refractivity contribution in [3.8, 4) is 11.5 Å². The number of aromatic nitrogens is 3. The number of nitrogens with zero attached hydrogens (tertiary/aromatic N) is 3. The average Bonchev–Trinajstić information content (AvgIpc) is 3.05. The third kappa shape index (κ3) is 2.46. The van der Waals surface area contributed by atoms with E-state index in [2.05, 4.69) is 15.3 Å². The molecule has 7 heteroatoms. The van der Waals surface area contributed by atoms with Crippen LogP contribution in [0.25, 0.3) is 21.7 Å². The Morgan fingerprint density at radius 2 is 2.26 bits per heavy atom. The largest absolute Gasteiger partial charge is 0.391 e. The summed E-state index contributed by atoms with van der Waals surface area (Å²) in [5, 5.41) is 15.5. The SMILES string of the molecule is O=c1c2sccc2nc(-c2ccccn2)n1[C@@H]1CNCC[C@H]1O. The molecule has 0 unspecified atom stereocenters. The van der Waals surface area contributed by atoms with Gasteiger partial charge in [0.1, 0.15) is 10.4 Å². The summed E-state index contributed by atoms with van der Waals surface area (Å²) in [7, 11) is 0. The molecular weight excluding hydrogens is 312 g/mol. The van der Waals surface area contributed by atoms with Crippen LogP contribution in [-0.4, -0.2) is 38.8 Å². The number of nitrogens with one attached hydrogen (secondary N) is 1. The monoisotopic (exact) mass is 328 g/mol. The van der Waals surface area contributed by atoms with E-state index in [9.17, 15) is 9.90 Å². The van der Waals surface area contributed by atoms with Crippen molar-refractivity contribution in [2.24, 2.45) is 0 Å². The number of fused-ring (bicyclic) bond motifs is 1. The van der Waals surface area contributed by atoms with Gasteiger partial charge in [-0.15, -0.1) is 11.3 Å². The van der Waals surface area contributed by atoms with Gasteiger partial charge in [0, 0.05) is 12.7 Å². The lowest BCUT2D eigenvalue weighted by atomic mass is 10.0. The van der Waals surface area contributed by atoms with E-state index in [4.69, 9.17) is 0 Å². The first-order valence-corrected chi connectivity index (χ1v) is 8.43. The van der Waals surface area contributed by atoms with Crippen LogP contribution in [0.5, 0.6) is 0 Å². The quantitative estimate of drug-likeness (QED) is 0.744. The summed E-state index contributed by atoms with van der Waals surface area (Å²) >= 11 is 1.38. The Balaban J connectivity index is 2.00. The molecule has 1 aliphatic heterocycles.